The van der Waals surface area contributed by atoms with Crippen LogP contribution in [0.2, 0.25) is 0 Å². The van der Waals surface area contributed by atoms with E-state index in [-0.39, 0.29) is 11.7 Å². The van der Waals surface area contributed by atoms with Gasteiger partial charge in [-0.15, -0.1) is 0 Å². The normalized spacial score (nSPS) is 14.3. The molecule has 0 bridgehead atoms. The van der Waals surface area contributed by atoms with Crippen LogP contribution in [-0.4, -0.2) is 47.0 Å². The number of halogens is 1. The van der Waals surface area contributed by atoms with Crippen molar-refractivity contribution in [2.24, 2.45) is 0 Å². The molecule has 1 aliphatic heterocycles. The molecule has 3 aromatic rings. The van der Waals surface area contributed by atoms with E-state index >= 15 is 4.39 Å². The van der Waals surface area contributed by atoms with Gasteiger partial charge in [0.15, 0.2) is 0 Å². The van der Waals surface area contributed by atoms with Gasteiger partial charge >= 0.3 is 0 Å². The molecule has 1 aliphatic rings. The Morgan fingerprint density at radius 3 is 2.55 bits per heavy atom. The maximum Gasteiger partial charge on any atom is 0.246 e. The van der Waals surface area contributed by atoms with Crippen LogP contribution in [0.15, 0.2) is 61.5 Å². The van der Waals surface area contributed by atoms with Crippen molar-refractivity contribution >= 4 is 40.1 Å². The van der Waals surface area contributed by atoms with Crippen molar-refractivity contribution in [3.63, 3.8) is 0 Å². The number of allylic oxidation sites excluding steroid dienone is 1. The van der Waals surface area contributed by atoms with Crippen LogP contribution in [0.5, 0.6) is 0 Å². The van der Waals surface area contributed by atoms with Crippen molar-refractivity contribution in [2.45, 2.75) is 6.92 Å². The number of anilines is 3. The minimum Gasteiger partial charge on any atom is -0.366 e. The van der Waals surface area contributed by atoms with E-state index in [1.165, 1.54) is 18.5 Å². The second kappa shape index (κ2) is 8.95. The number of amides is 1. The number of nitrogens with one attached hydrogen (secondary N) is 1. The summed E-state index contributed by atoms with van der Waals surface area (Å²) in [5, 5.41) is 3.87. The Morgan fingerprint density at radius 2 is 1.87 bits per heavy atom. The van der Waals surface area contributed by atoms with Gasteiger partial charge < -0.3 is 15.1 Å². The quantitative estimate of drug-likeness (QED) is 0.625. The third-order valence-electron chi connectivity index (χ3n) is 5.34. The minimum atomic E-state index is -0.336. The average molecular weight is 417 g/mol. The van der Waals surface area contributed by atoms with Crippen molar-refractivity contribution in [2.75, 3.05) is 36.4 Å². The van der Waals surface area contributed by atoms with E-state index in [2.05, 4.69) is 21.9 Å². The summed E-state index contributed by atoms with van der Waals surface area (Å²) in [6.07, 6.45) is 6.79. The SMILES string of the molecule is C=CC(=O)N1CCN(c2cc3ncnc(Nc4ccc(/C=C/C)cc4)c3cc2F)CC1. The summed E-state index contributed by atoms with van der Waals surface area (Å²) in [5.41, 5.74) is 3.11. The number of carbonyl (C=O) groups is 1. The molecule has 1 amide bonds. The number of rotatable bonds is 5. The Bertz CT molecular complexity index is 1130. The number of benzene rings is 2. The summed E-state index contributed by atoms with van der Waals surface area (Å²) in [6, 6.07) is 11.1. The van der Waals surface area contributed by atoms with Gasteiger partial charge in [0.1, 0.15) is 18.0 Å². The van der Waals surface area contributed by atoms with Crippen molar-refractivity contribution in [1.29, 1.82) is 0 Å². The summed E-state index contributed by atoms with van der Waals surface area (Å²) in [6.45, 7) is 7.66. The highest BCUT2D eigenvalue weighted by atomic mass is 19.1. The zero-order valence-corrected chi connectivity index (χ0v) is 17.4. The number of piperazine rings is 1. The summed E-state index contributed by atoms with van der Waals surface area (Å²) < 4.78 is 15.1. The third kappa shape index (κ3) is 4.40. The number of fused-ring (bicyclic) bond motifs is 1. The Morgan fingerprint density at radius 1 is 1.13 bits per heavy atom. The van der Waals surface area contributed by atoms with Gasteiger partial charge in [0.2, 0.25) is 5.91 Å². The highest BCUT2D eigenvalue weighted by molar-refractivity contribution is 5.93. The lowest BCUT2D eigenvalue weighted by atomic mass is 10.1. The molecule has 158 valence electrons. The first-order valence-corrected chi connectivity index (χ1v) is 10.2. The molecule has 0 saturated carbocycles. The molecule has 0 aliphatic carbocycles. The molecule has 0 spiro atoms. The molecule has 0 unspecified atom stereocenters. The Labute approximate surface area is 180 Å². The highest BCUT2D eigenvalue weighted by Gasteiger charge is 2.22. The lowest BCUT2D eigenvalue weighted by Crippen LogP contribution is -2.48. The largest absolute Gasteiger partial charge is 0.366 e. The lowest BCUT2D eigenvalue weighted by molar-refractivity contribution is -0.126. The minimum absolute atomic E-state index is 0.0964. The van der Waals surface area contributed by atoms with Crippen LogP contribution in [-0.2, 0) is 4.79 Å². The first-order chi connectivity index (χ1) is 15.1. The summed E-state index contributed by atoms with van der Waals surface area (Å²) in [5.74, 6) is 0.119. The highest BCUT2D eigenvalue weighted by Crippen LogP contribution is 2.30. The fourth-order valence-corrected chi connectivity index (χ4v) is 3.71. The van der Waals surface area contributed by atoms with Gasteiger partial charge in [-0.1, -0.05) is 30.9 Å². The molecule has 0 radical (unpaired) electrons. The van der Waals surface area contributed by atoms with Crippen LogP contribution < -0.4 is 10.2 Å². The fourth-order valence-electron chi connectivity index (χ4n) is 3.71. The van der Waals surface area contributed by atoms with E-state index in [9.17, 15) is 4.79 Å². The van der Waals surface area contributed by atoms with Crippen LogP contribution in [0.4, 0.5) is 21.6 Å². The summed E-state index contributed by atoms with van der Waals surface area (Å²) >= 11 is 0. The maximum atomic E-state index is 15.1. The van der Waals surface area contributed by atoms with Gasteiger partial charge in [0, 0.05) is 37.3 Å². The molecule has 2 heterocycles. The van der Waals surface area contributed by atoms with Crippen molar-refractivity contribution < 1.29 is 9.18 Å². The number of carbonyl (C=O) groups excluding carboxylic acids is 1. The van der Waals surface area contributed by atoms with Crippen molar-refractivity contribution in [3.05, 3.63) is 72.8 Å². The van der Waals surface area contributed by atoms with Crippen molar-refractivity contribution in [1.82, 2.24) is 14.9 Å². The Hall–Kier alpha value is -3.74. The van der Waals surface area contributed by atoms with Crippen LogP contribution >= 0.6 is 0 Å². The number of hydrogen-bond donors (Lipinski definition) is 1. The van der Waals surface area contributed by atoms with Crippen LogP contribution in [0.25, 0.3) is 17.0 Å². The van der Waals surface area contributed by atoms with Crippen LogP contribution in [0, 0.1) is 5.82 Å². The molecule has 1 N–H and O–H groups in total. The number of hydrogen-bond acceptors (Lipinski definition) is 5. The van der Waals surface area contributed by atoms with Gasteiger partial charge in [-0.05, 0) is 42.8 Å². The van der Waals surface area contributed by atoms with Gasteiger partial charge in [0.25, 0.3) is 0 Å². The molecule has 1 fully saturated rings. The lowest BCUT2D eigenvalue weighted by Gasteiger charge is -2.35. The maximum absolute atomic E-state index is 15.1. The monoisotopic (exact) mass is 417 g/mol. The summed E-state index contributed by atoms with van der Waals surface area (Å²) in [4.78, 5) is 24.1. The third-order valence-corrected chi connectivity index (χ3v) is 5.34. The Kier molecular flexibility index (Phi) is 5.93. The second-order valence-corrected chi connectivity index (χ2v) is 7.31. The van der Waals surface area contributed by atoms with E-state index in [1.54, 1.807) is 11.0 Å². The molecule has 7 heteroatoms. The van der Waals surface area contributed by atoms with E-state index in [1.807, 2.05) is 48.2 Å². The van der Waals surface area contributed by atoms with Gasteiger partial charge in [-0.2, -0.15) is 0 Å². The van der Waals surface area contributed by atoms with Gasteiger partial charge in [0.05, 0.1) is 11.2 Å². The molecule has 1 aromatic heterocycles. The van der Waals surface area contributed by atoms with Crippen LogP contribution in [0.1, 0.15) is 12.5 Å². The smallest absolute Gasteiger partial charge is 0.246 e. The van der Waals surface area contributed by atoms with Gasteiger partial charge in [-0.3, -0.25) is 4.79 Å². The topological polar surface area (TPSA) is 61.4 Å². The van der Waals surface area contributed by atoms with Gasteiger partial charge in [-0.25, -0.2) is 14.4 Å². The number of nitrogens with zero attached hydrogens (tertiary/aromatic N) is 4. The molecular formula is C24H24FN5O. The van der Waals surface area contributed by atoms with E-state index in [4.69, 9.17) is 0 Å². The second-order valence-electron chi connectivity index (χ2n) is 7.31. The fraction of sp³-hybridized carbons (Fsp3) is 0.208. The van der Waals surface area contributed by atoms with Crippen molar-refractivity contribution in [3.8, 4) is 0 Å². The first-order valence-electron chi connectivity index (χ1n) is 10.2. The van der Waals surface area contributed by atoms with E-state index < -0.39 is 0 Å². The van der Waals surface area contributed by atoms with E-state index in [0.717, 1.165) is 11.3 Å². The molecule has 31 heavy (non-hydrogen) atoms. The molecule has 4 rings (SSSR count). The predicted octanol–water partition coefficient (Wildman–Crippen LogP) is 4.38. The standard InChI is InChI=1S/C24H24FN5O/c1-3-5-17-6-8-18(9-7-17)28-24-19-14-20(25)22(15-21(19)26-16-27-24)29-10-12-30(13-11-29)23(31)4-2/h3-9,14-16H,2,10-13H2,1H3,(H,26,27,28)/b5-3+. The predicted molar refractivity (Wildman–Crippen MR) is 123 cm³/mol. The average Bonchev–Trinajstić information content (AvgIpc) is 2.80. The summed E-state index contributed by atoms with van der Waals surface area (Å²) in [7, 11) is 0. The molecule has 1 saturated heterocycles. The molecular weight excluding hydrogens is 393 g/mol. The molecule has 0 atom stereocenters. The molecule has 2 aromatic carbocycles. The van der Waals surface area contributed by atoms with Crippen LogP contribution in [0.3, 0.4) is 0 Å². The zero-order chi connectivity index (χ0) is 21.8. The zero-order valence-electron chi connectivity index (χ0n) is 17.4. The first kappa shape index (κ1) is 20.5. The van der Waals surface area contributed by atoms with E-state index in [0.29, 0.717) is 48.6 Å². The number of aromatic nitrogens is 2. The molecule has 6 nitrogen and oxygen atoms in total. The Balaban J connectivity index is 1.58.